The molecule has 0 bridgehead atoms. The molecule has 22 heavy (non-hydrogen) atoms. The fourth-order valence-corrected chi connectivity index (χ4v) is 3.14. The summed E-state index contributed by atoms with van der Waals surface area (Å²) in [4.78, 5) is 0. The van der Waals surface area contributed by atoms with Gasteiger partial charge in [-0.05, 0) is 37.1 Å². The number of halogens is 1. The van der Waals surface area contributed by atoms with Gasteiger partial charge in [-0.25, -0.2) is 4.68 Å². The van der Waals surface area contributed by atoms with Crippen LogP contribution < -0.4 is 5.32 Å². The maximum atomic E-state index is 10.5. The van der Waals surface area contributed by atoms with Crippen LogP contribution in [0.4, 0.5) is 0 Å². The van der Waals surface area contributed by atoms with E-state index in [1.54, 1.807) is 0 Å². The van der Waals surface area contributed by atoms with Gasteiger partial charge in [0, 0.05) is 29.9 Å². The molecule has 0 amide bonds. The molecule has 1 heterocycles. The van der Waals surface area contributed by atoms with E-state index in [0.717, 1.165) is 48.5 Å². The summed E-state index contributed by atoms with van der Waals surface area (Å²) in [6.07, 6.45) is 9.18. The highest BCUT2D eigenvalue weighted by atomic mass is 35.5. The quantitative estimate of drug-likeness (QED) is 0.889. The molecule has 0 atom stereocenters. The first-order valence-electron chi connectivity index (χ1n) is 7.87. The van der Waals surface area contributed by atoms with Crippen molar-refractivity contribution < 1.29 is 5.11 Å². The first-order valence-corrected chi connectivity index (χ1v) is 8.25. The maximum Gasteiger partial charge on any atom is 0.0771 e. The van der Waals surface area contributed by atoms with E-state index in [2.05, 4.69) is 10.4 Å². The maximum absolute atomic E-state index is 10.5. The van der Waals surface area contributed by atoms with Gasteiger partial charge in [-0.15, -0.1) is 0 Å². The third-order valence-corrected chi connectivity index (χ3v) is 4.55. The molecule has 1 saturated carbocycles. The Morgan fingerprint density at radius 1 is 1.18 bits per heavy atom. The minimum Gasteiger partial charge on any atom is -0.389 e. The Labute approximate surface area is 136 Å². The fraction of sp³-hybridized carbons (Fsp3) is 0.471. The Morgan fingerprint density at radius 2 is 1.91 bits per heavy atom. The highest BCUT2D eigenvalue weighted by molar-refractivity contribution is 6.30. The standard InChI is InChI=1S/C17H22ClN3O/c18-15-4-6-16(7-5-15)21-12-14(11-20-21)10-19-13-17(22)8-2-1-3-9-17/h4-7,11-12,19,22H,1-3,8-10,13H2. The van der Waals surface area contributed by atoms with E-state index in [1.165, 1.54) is 6.42 Å². The third-order valence-electron chi connectivity index (χ3n) is 4.29. The van der Waals surface area contributed by atoms with Crippen molar-refractivity contribution in [3.05, 3.63) is 47.2 Å². The fourth-order valence-electron chi connectivity index (χ4n) is 3.01. The minimum atomic E-state index is -0.523. The summed E-state index contributed by atoms with van der Waals surface area (Å²) in [5, 5.41) is 18.9. The average Bonchev–Trinajstić information content (AvgIpc) is 2.97. The number of aromatic nitrogens is 2. The van der Waals surface area contributed by atoms with E-state index >= 15 is 0 Å². The Bertz CT molecular complexity index is 603. The molecule has 4 nitrogen and oxygen atoms in total. The van der Waals surface area contributed by atoms with Gasteiger partial charge in [0.2, 0.25) is 0 Å². The topological polar surface area (TPSA) is 50.1 Å². The number of nitrogens with one attached hydrogen (secondary N) is 1. The molecule has 1 aliphatic carbocycles. The van der Waals surface area contributed by atoms with E-state index in [-0.39, 0.29) is 0 Å². The molecule has 1 aromatic carbocycles. The highest BCUT2D eigenvalue weighted by Gasteiger charge is 2.28. The van der Waals surface area contributed by atoms with Gasteiger partial charge in [-0.1, -0.05) is 30.9 Å². The second-order valence-electron chi connectivity index (χ2n) is 6.16. The lowest BCUT2D eigenvalue weighted by Crippen LogP contribution is -2.41. The van der Waals surface area contributed by atoms with Crippen LogP contribution in [0.3, 0.4) is 0 Å². The number of nitrogens with zero attached hydrogens (tertiary/aromatic N) is 2. The molecular weight excluding hydrogens is 298 g/mol. The predicted molar refractivity (Wildman–Crippen MR) is 88.3 cm³/mol. The molecular formula is C17H22ClN3O. The normalized spacial score (nSPS) is 17.5. The number of benzene rings is 1. The Hall–Kier alpha value is -1.36. The van der Waals surface area contributed by atoms with E-state index in [1.807, 2.05) is 41.3 Å². The summed E-state index contributed by atoms with van der Waals surface area (Å²) in [6, 6.07) is 7.60. The van der Waals surface area contributed by atoms with Gasteiger partial charge in [0.05, 0.1) is 17.5 Å². The number of rotatable bonds is 5. The van der Waals surface area contributed by atoms with Crippen molar-refractivity contribution in [2.24, 2.45) is 0 Å². The molecule has 1 fully saturated rings. The zero-order valence-corrected chi connectivity index (χ0v) is 13.4. The van der Waals surface area contributed by atoms with Crippen LogP contribution in [0.1, 0.15) is 37.7 Å². The molecule has 2 aromatic rings. The van der Waals surface area contributed by atoms with Crippen LogP contribution in [-0.4, -0.2) is 27.0 Å². The molecule has 2 N–H and O–H groups in total. The zero-order chi connectivity index (χ0) is 15.4. The Kier molecular flexibility index (Phi) is 4.81. The SMILES string of the molecule is OC1(CNCc2cnn(-c3ccc(Cl)cc3)c2)CCCCC1. The average molecular weight is 320 g/mol. The summed E-state index contributed by atoms with van der Waals surface area (Å²) in [7, 11) is 0. The number of hydrogen-bond donors (Lipinski definition) is 2. The lowest BCUT2D eigenvalue weighted by atomic mass is 9.85. The van der Waals surface area contributed by atoms with Crippen LogP contribution in [0.5, 0.6) is 0 Å². The van der Waals surface area contributed by atoms with Crippen LogP contribution >= 0.6 is 11.6 Å². The smallest absolute Gasteiger partial charge is 0.0771 e. The number of aliphatic hydroxyl groups is 1. The third kappa shape index (κ3) is 3.88. The molecule has 0 spiro atoms. The first kappa shape index (κ1) is 15.5. The second-order valence-corrected chi connectivity index (χ2v) is 6.59. The van der Waals surface area contributed by atoms with Crippen LogP contribution in [0.25, 0.3) is 5.69 Å². The van der Waals surface area contributed by atoms with Crippen LogP contribution in [-0.2, 0) is 6.54 Å². The Balaban J connectivity index is 1.54. The molecule has 1 aromatic heterocycles. The molecule has 5 heteroatoms. The van der Waals surface area contributed by atoms with Crippen molar-refractivity contribution in [3.8, 4) is 5.69 Å². The van der Waals surface area contributed by atoms with Crippen LogP contribution in [0.15, 0.2) is 36.7 Å². The molecule has 0 saturated heterocycles. The summed E-state index contributed by atoms with van der Waals surface area (Å²) in [5.41, 5.74) is 1.57. The van der Waals surface area contributed by atoms with Crippen LogP contribution in [0.2, 0.25) is 5.02 Å². The summed E-state index contributed by atoms with van der Waals surface area (Å²) >= 11 is 5.90. The Morgan fingerprint density at radius 3 is 2.64 bits per heavy atom. The van der Waals surface area contributed by atoms with Crippen molar-refractivity contribution in [1.82, 2.24) is 15.1 Å². The van der Waals surface area contributed by atoms with Crippen molar-refractivity contribution in [3.63, 3.8) is 0 Å². The summed E-state index contributed by atoms with van der Waals surface area (Å²) in [6.45, 7) is 1.37. The van der Waals surface area contributed by atoms with Gasteiger partial charge in [0.25, 0.3) is 0 Å². The van der Waals surface area contributed by atoms with E-state index in [4.69, 9.17) is 11.6 Å². The monoisotopic (exact) mass is 319 g/mol. The molecule has 118 valence electrons. The lowest BCUT2D eigenvalue weighted by molar-refractivity contribution is 0.00467. The van der Waals surface area contributed by atoms with Crippen LogP contribution in [0, 0.1) is 0 Å². The molecule has 0 unspecified atom stereocenters. The van der Waals surface area contributed by atoms with Gasteiger partial charge in [0.15, 0.2) is 0 Å². The first-order chi connectivity index (χ1) is 10.6. The van der Waals surface area contributed by atoms with Crippen molar-refractivity contribution in [2.75, 3.05) is 6.54 Å². The van der Waals surface area contributed by atoms with Gasteiger partial charge < -0.3 is 10.4 Å². The van der Waals surface area contributed by atoms with Gasteiger partial charge in [-0.2, -0.15) is 5.10 Å². The van der Waals surface area contributed by atoms with E-state index in [0.29, 0.717) is 6.54 Å². The summed E-state index contributed by atoms with van der Waals surface area (Å²) < 4.78 is 1.84. The number of hydrogen-bond acceptors (Lipinski definition) is 3. The minimum absolute atomic E-state index is 0.523. The molecule has 1 aliphatic rings. The van der Waals surface area contributed by atoms with E-state index in [9.17, 15) is 5.11 Å². The largest absolute Gasteiger partial charge is 0.389 e. The van der Waals surface area contributed by atoms with Crippen molar-refractivity contribution >= 4 is 11.6 Å². The van der Waals surface area contributed by atoms with Crippen molar-refractivity contribution in [1.29, 1.82) is 0 Å². The zero-order valence-electron chi connectivity index (χ0n) is 12.6. The molecule has 0 aliphatic heterocycles. The van der Waals surface area contributed by atoms with Crippen molar-refractivity contribution in [2.45, 2.75) is 44.2 Å². The van der Waals surface area contributed by atoms with Gasteiger partial charge in [0.1, 0.15) is 0 Å². The van der Waals surface area contributed by atoms with Gasteiger partial charge in [-0.3, -0.25) is 0 Å². The molecule has 3 rings (SSSR count). The summed E-state index contributed by atoms with van der Waals surface area (Å²) in [5.74, 6) is 0. The predicted octanol–water partition coefficient (Wildman–Crippen LogP) is 3.31. The molecule has 0 radical (unpaired) electrons. The second kappa shape index (κ2) is 6.82. The highest BCUT2D eigenvalue weighted by Crippen LogP contribution is 2.27. The lowest BCUT2D eigenvalue weighted by Gasteiger charge is -2.32. The van der Waals surface area contributed by atoms with Gasteiger partial charge >= 0.3 is 0 Å². The van der Waals surface area contributed by atoms with E-state index < -0.39 is 5.60 Å².